The van der Waals surface area contributed by atoms with E-state index in [0.717, 1.165) is 24.8 Å². The first-order chi connectivity index (χ1) is 27.0. The molecule has 3 heterocycles. The number of aromatic nitrogens is 3. The smallest absolute Gasteiger partial charge is 0.387 e. The Labute approximate surface area is 332 Å². The molecule has 1 saturated heterocycles. The largest absolute Gasteiger partial charge is 0.472 e. The van der Waals surface area contributed by atoms with Crippen LogP contribution in [0, 0.1) is 11.3 Å². The number of anilines is 1. The van der Waals surface area contributed by atoms with Crippen LogP contribution in [0.5, 0.6) is 0 Å². The Balaban J connectivity index is 1.18. The number of nitriles is 1. The maximum absolute atomic E-state index is 13.1. The Morgan fingerprint density at radius 1 is 0.911 bits per heavy atom. The molecule has 3 aromatic rings. The lowest BCUT2D eigenvalue weighted by Crippen LogP contribution is -2.41. The minimum atomic E-state index is -4.75. The Kier molecular flexibility index (Phi) is 19.1. The fourth-order valence-electron chi connectivity index (χ4n) is 6.97. The van der Waals surface area contributed by atoms with Crippen molar-refractivity contribution in [2.75, 3.05) is 32.2 Å². The molecule has 0 bridgehead atoms. The molecule has 0 radical (unpaired) electrons. The van der Waals surface area contributed by atoms with Gasteiger partial charge in [-0.2, -0.15) is 10.4 Å². The van der Waals surface area contributed by atoms with Crippen LogP contribution in [-0.4, -0.2) is 80.0 Å². The third-order valence-corrected chi connectivity index (χ3v) is 11.3. The van der Waals surface area contributed by atoms with E-state index in [2.05, 4.69) is 17.0 Å². The van der Waals surface area contributed by atoms with Gasteiger partial charge in [0.25, 0.3) is 0 Å². The van der Waals surface area contributed by atoms with Crippen molar-refractivity contribution in [3.8, 4) is 6.07 Å². The lowest BCUT2D eigenvalue weighted by Gasteiger charge is -2.30. The Morgan fingerprint density at radius 2 is 1.52 bits per heavy atom. The molecule has 56 heavy (non-hydrogen) atoms. The number of benzene rings is 1. The Bertz CT molecular complexity index is 1660. The molecule has 1 aliphatic heterocycles. The average Bonchev–Trinajstić information content (AvgIpc) is 3.75. The van der Waals surface area contributed by atoms with Crippen LogP contribution < -0.4 is 5.73 Å². The maximum Gasteiger partial charge on any atom is 0.472 e. The van der Waals surface area contributed by atoms with E-state index < -0.39 is 43.9 Å². The summed E-state index contributed by atoms with van der Waals surface area (Å²) in [5.41, 5.74) is 4.09. The topological polar surface area (TPSA) is 204 Å². The van der Waals surface area contributed by atoms with E-state index in [-0.39, 0.29) is 31.3 Å². The molecule has 1 unspecified atom stereocenters. The molecule has 0 saturated carbocycles. The number of nitrogen functional groups attached to an aromatic ring is 1. The lowest BCUT2D eigenvalue weighted by atomic mass is 9.92. The van der Waals surface area contributed by atoms with Gasteiger partial charge in [0.15, 0.2) is 5.82 Å². The highest BCUT2D eigenvalue weighted by atomic mass is 31.2. The number of fused-ring (bicyclic) bond motifs is 1. The van der Waals surface area contributed by atoms with Gasteiger partial charge in [0.1, 0.15) is 41.8 Å². The molecule has 0 spiro atoms. The molecule has 5 N–H and O–H groups in total. The van der Waals surface area contributed by atoms with Crippen LogP contribution in [0.2, 0.25) is 0 Å². The molecule has 0 amide bonds. The summed E-state index contributed by atoms with van der Waals surface area (Å²) >= 11 is 0. The van der Waals surface area contributed by atoms with Crippen LogP contribution >= 0.6 is 7.82 Å². The van der Waals surface area contributed by atoms with E-state index in [1.807, 2.05) is 36.4 Å². The highest BCUT2D eigenvalue weighted by Crippen LogP contribution is 2.47. The van der Waals surface area contributed by atoms with Gasteiger partial charge in [-0.05, 0) is 31.0 Å². The number of phosphoric acid groups is 1. The summed E-state index contributed by atoms with van der Waals surface area (Å²) in [6.45, 7) is 3.84. The van der Waals surface area contributed by atoms with Gasteiger partial charge >= 0.3 is 7.82 Å². The number of nitrogens with two attached hydrogens (primary N) is 1. The van der Waals surface area contributed by atoms with E-state index in [9.17, 15) is 24.9 Å². The van der Waals surface area contributed by atoms with Crippen molar-refractivity contribution in [2.45, 2.75) is 153 Å². The maximum atomic E-state index is 13.1. The number of rotatable bonds is 29. The fraction of sp³-hybridized carbons (Fsp3) is 0.683. The average molecular weight is 802 g/mol. The van der Waals surface area contributed by atoms with Gasteiger partial charge < -0.3 is 35.1 Å². The number of hydrogen-bond acceptors (Lipinski definition) is 12. The molecule has 14 nitrogen and oxygen atoms in total. The van der Waals surface area contributed by atoms with Crippen molar-refractivity contribution < 1.29 is 42.9 Å². The summed E-state index contributed by atoms with van der Waals surface area (Å²) in [6, 6.07) is 14.5. The fourth-order valence-corrected chi connectivity index (χ4v) is 7.82. The van der Waals surface area contributed by atoms with Gasteiger partial charge in [0, 0.05) is 6.61 Å². The number of phosphoric ester groups is 1. The summed E-state index contributed by atoms with van der Waals surface area (Å²) in [7, 11) is -4.75. The predicted octanol–water partition coefficient (Wildman–Crippen LogP) is 7.54. The molecule has 2 aromatic heterocycles. The monoisotopic (exact) mass is 801 g/mol. The summed E-state index contributed by atoms with van der Waals surface area (Å²) < 4.78 is 43.1. The zero-order valence-electron chi connectivity index (χ0n) is 33.3. The molecule has 1 aliphatic rings. The highest BCUT2D eigenvalue weighted by molar-refractivity contribution is 7.47. The summed E-state index contributed by atoms with van der Waals surface area (Å²) in [5.74, 6) is 0.135. The molecule has 312 valence electrons. The summed E-state index contributed by atoms with van der Waals surface area (Å²) in [4.78, 5) is 14.6. The van der Waals surface area contributed by atoms with E-state index in [1.54, 1.807) is 13.0 Å². The first-order valence-corrected chi connectivity index (χ1v) is 21.9. The van der Waals surface area contributed by atoms with Gasteiger partial charge in [-0.15, -0.1) is 0 Å². The number of aliphatic hydroxyl groups excluding tert-OH is 2. The quantitative estimate of drug-likeness (QED) is 0.0396. The van der Waals surface area contributed by atoms with Gasteiger partial charge in [-0.1, -0.05) is 134 Å². The number of aliphatic hydroxyl groups is 2. The first-order valence-electron chi connectivity index (χ1n) is 20.5. The van der Waals surface area contributed by atoms with Gasteiger partial charge in [-0.25, -0.2) is 14.1 Å². The highest BCUT2D eigenvalue weighted by Gasteiger charge is 2.58. The van der Waals surface area contributed by atoms with Crippen molar-refractivity contribution in [1.29, 1.82) is 5.26 Å². The predicted molar refractivity (Wildman–Crippen MR) is 213 cm³/mol. The van der Waals surface area contributed by atoms with Gasteiger partial charge in [0.05, 0.1) is 32.1 Å². The third kappa shape index (κ3) is 13.9. The van der Waals surface area contributed by atoms with Crippen LogP contribution in [0.25, 0.3) is 5.52 Å². The molecule has 6 atom stereocenters. The summed E-state index contributed by atoms with van der Waals surface area (Å²) in [6.07, 6.45) is 17.0. The third-order valence-electron chi connectivity index (χ3n) is 10.4. The second-order valence-electron chi connectivity index (χ2n) is 15.2. The second kappa shape index (κ2) is 23.4. The van der Waals surface area contributed by atoms with E-state index in [1.165, 1.54) is 100 Å². The minimum absolute atomic E-state index is 0.0903. The minimum Gasteiger partial charge on any atom is -0.387 e. The number of hydrogen-bond donors (Lipinski definition) is 4. The zero-order chi connectivity index (χ0) is 40.3. The van der Waals surface area contributed by atoms with Crippen LogP contribution in [-0.2, 0) is 40.0 Å². The van der Waals surface area contributed by atoms with Crippen molar-refractivity contribution in [3.63, 3.8) is 0 Å². The molecule has 0 aliphatic carbocycles. The van der Waals surface area contributed by atoms with Crippen molar-refractivity contribution in [3.05, 3.63) is 60.0 Å². The SMILES string of the molecule is CCCCCCCCCCCCCCCCCCOC[C@](C)(COP(=O)(O)OC[C@H]1O[C@](C#N)(c2ccc3c(N)ncnn23)[C@H](O)[C@@H]1O)OCc1ccccc1. The van der Waals surface area contributed by atoms with Crippen molar-refractivity contribution in [1.82, 2.24) is 14.6 Å². The van der Waals surface area contributed by atoms with Crippen molar-refractivity contribution in [2.24, 2.45) is 0 Å². The van der Waals surface area contributed by atoms with Gasteiger partial charge in [-0.3, -0.25) is 9.05 Å². The summed E-state index contributed by atoms with van der Waals surface area (Å²) in [5, 5.41) is 36.1. The Hall–Kier alpha value is -2.96. The molecular formula is C41H64N5O9P. The van der Waals surface area contributed by atoms with Crippen LogP contribution in [0.1, 0.15) is 128 Å². The van der Waals surface area contributed by atoms with Crippen molar-refractivity contribution >= 4 is 19.2 Å². The number of unbranched alkanes of at least 4 members (excludes halogenated alkanes) is 15. The number of ether oxygens (including phenoxy) is 3. The standard InChI is InChI=1S/C41H64N5O9P/c1-3-4-5-6-7-8-9-10-11-12-13-14-15-16-17-21-26-51-30-40(2,52-27-33-22-19-18-20-23-33)31-54-56(49,50)53-28-35-37(47)38(48)41(29-42,55-35)36-25-24-34-39(43)44-32-45-46(34)36/h18-20,22-25,32,35,37-38,47-48H,3-17,21,26-28,30-31H2,1-2H3,(H,49,50)(H2,43,44,45)/t35-,37-,38-,40-,41-/m1/s1. The van der Waals surface area contributed by atoms with E-state index in [0.29, 0.717) is 12.1 Å². The van der Waals surface area contributed by atoms with Crippen LogP contribution in [0.15, 0.2) is 48.8 Å². The second-order valence-corrected chi connectivity index (χ2v) is 16.7. The number of nitrogens with zero attached hydrogens (tertiary/aromatic N) is 4. The van der Waals surface area contributed by atoms with E-state index >= 15 is 0 Å². The molecule has 1 aromatic carbocycles. The van der Waals surface area contributed by atoms with Gasteiger partial charge in [0.2, 0.25) is 5.60 Å². The normalized spacial score (nSPS) is 21.9. The first kappa shape index (κ1) is 45.7. The molecular weight excluding hydrogens is 737 g/mol. The van der Waals surface area contributed by atoms with Crippen LogP contribution in [0.4, 0.5) is 5.82 Å². The molecule has 4 rings (SSSR count). The Morgan fingerprint density at radius 3 is 2.12 bits per heavy atom. The lowest BCUT2D eigenvalue weighted by molar-refractivity contribution is -0.120. The molecule has 1 fully saturated rings. The van der Waals surface area contributed by atoms with E-state index in [4.69, 9.17) is 29.0 Å². The molecule has 15 heteroatoms. The van der Waals surface area contributed by atoms with Crippen LogP contribution in [0.3, 0.4) is 0 Å². The zero-order valence-corrected chi connectivity index (χ0v) is 34.2.